The number of hydrogen-bond acceptors (Lipinski definition) is 3. The third kappa shape index (κ3) is 4.24. The molecule has 1 saturated carbocycles. The molecule has 0 saturated heterocycles. The number of nitrogens with one attached hydrogen (secondary N) is 1. The van der Waals surface area contributed by atoms with Crippen LogP contribution in [0.5, 0.6) is 5.75 Å². The predicted octanol–water partition coefficient (Wildman–Crippen LogP) is 3.34. The first-order valence-corrected chi connectivity index (χ1v) is 7.97. The second-order valence-corrected chi connectivity index (χ2v) is 6.03. The average molecular weight is 332 g/mol. The summed E-state index contributed by atoms with van der Waals surface area (Å²) in [6, 6.07) is 14.4. The molecule has 2 N–H and O–H groups in total. The van der Waals surface area contributed by atoms with Gasteiger partial charge in [0.1, 0.15) is 18.5 Å². The standard InChI is InChI=1S/C18H18ClNO3/c19-16-7-2-1-6-15(16)17(21)11-23-14-5-3-4-12(10-14)18(22)20-13-8-9-13/h1-7,10,13,17,21H,8-9,11H2,(H,20,22). The number of halogens is 1. The van der Waals surface area contributed by atoms with Crippen molar-refractivity contribution in [2.24, 2.45) is 0 Å². The lowest BCUT2D eigenvalue weighted by molar-refractivity contribution is 0.0949. The zero-order chi connectivity index (χ0) is 16.2. The van der Waals surface area contributed by atoms with Crippen molar-refractivity contribution >= 4 is 17.5 Å². The number of benzene rings is 2. The lowest BCUT2D eigenvalue weighted by atomic mass is 10.1. The molecule has 2 aromatic rings. The Morgan fingerprint density at radius 3 is 2.78 bits per heavy atom. The van der Waals surface area contributed by atoms with Crippen molar-refractivity contribution < 1.29 is 14.6 Å². The van der Waals surface area contributed by atoms with Gasteiger partial charge in [-0.1, -0.05) is 35.9 Å². The number of ether oxygens (including phenoxy) is 1. The highest BCUT2D eigenvalue weighted by molar-refractivity contribution is 6.31. The third-order valence-corrected chi connectivity index (χ3v) is 4.03. The Bertz CT molecular complexity index is 700. The molecule has 1 aliphatic rings. The Morgan fingerprint density at radius 1 is 1.26 bits per heavy atom. The first-order valence-electron chi connectivity index (χ1n) is 7.59. The molecule has 1 unspecified atom stereocenters. The summed E-state index contributed by atoms with van der Waals surface area (Å²) in [5.74, 6) is 0.448. The Morgan fingerprint density at radius 2 is 2.04 bits per heavy atom. The fraction of sp³-hybridized carbons (Fsp3) is 0.278. The van der Waals surface area contributed by atoms with Crippen LogP contribution in [0.2, 0.25) is 5.02 Å². The predicted molar refractivity (Wildman–Crippen MR) is 88.8 cm³/mol. The zero-order valence-corrected chi connectivity index (χ0v) is 13.3. The molecule has 0 spiro atoms. The van der Waals surface area contributed by atoms with Gasteiger partial charge < -0.3 is 15.2 Å². The molecular formula is C18H18ClNO3. The minimum absolute atomic E-state index is 0.0669. The highest BCUT2D eigenvalue weighted by Crippen LogP contribution is 2.24. The molecule has 0 aliphatic heterocycles. The minimum Gasteiger partial charge on any atom is -0.491 e. The Balaban J connectivity index is 1.61. The topological polar surface area (TPSA) is 58.6 Å². The van der Waals surface area contributed by atoms with Gasteiger partial charge in [-0.3, -0.25) is 4.79 Å². The molecule has 0 radical (unpaired) electrons. The SMILES string of the molecule is O=C(NC1CC1)c1cccc(OCC(O)c2ccccc2Cl)c1. The summed E-state index contributed by atoms with van der Waals surface area (Å²) in [5, 5.41) is 13.6. The lowest BCUT2D eigenvalue weighted by Gasteiger charge is -2.14. The van der Waals surface area contributed by atoms with Crippen molar-refractivity contribution in [1.82, 2.24) is 5.32 Å². The van der Waals surface area contributed by atoms with Gasteiger partial charge in [-0.25, -0.2) is 0 Å². The molecule has 5 heteroatoms. The summed E-state index contributed by atoms with van der Waals surface area (Å²) < 4.78 is 5.60. The van der Waals surface area contributed by atoms with Crippen molar-refractivity contribution in [1.29, 1.82) is 0 Å². The number of rotatable bonds is 6. The van der Waals surface area contributed by atoms with Gasteiger partial charge >= 0.3 is 0 Å². The van der Waals surface area contributed by atoms with E-state index >= 15 is 0 Å². The number of carbonyl (C=O) groups excluding carboxylic acids is 1. The first kappa shape index (κ1) is 15.8. The van der Waals surface area contributed by atoms with E-state index in [1.54, 1.807) is 42.5 Å². The summed E-state index contributed by atoms with van der Waals surface area (Å²) >= 11 is 6.05. The van der Waals surface area contributed by atoms with Crippen molar-refractivity contribution in [3.63, 3.8) is 0 Å². The number of amides is 1. The van der Waals surface area contributed by atoms with Gasteiger partial charge in [-0.15, -0.1) is 0 Å². The summed E-state index contributed by atoms with van der Waals surface area (Å²) in [4.78, 5) is 12.0. The minimum atomic E-state index is -0.826. The van der Waals surface area contributed by atoms with E-state index in [9.17, 15) is 9.90 Å². The number of aliphatic hydroxyl groups is 1. The molecule has 1 fully saturated rings. The molecule has 23 heavy (non-hydrogen) atoms. The maximum absolute atomic E-state index is 12.0. The molecule has 2 aromatic carbocycles. The normalized spacial score (nSPS) is 15.0. The van der Waals surface area contributed by atoms with Gasteiger partial charge in [0, 0.05) is 22.2 Å². The van der Waals surface area contributed by atoms with Gasteiger partial charge in [0.25, 0.3) is 5.91 Å². The number of carbonyl (C=O) groups is 1. The molecular weight excluding hydrogens is 314 g/mol. The highest BCUT2D eigenvalue weighted by Gasteiger charge is 2.23. The van der Waals surface area contributed by atoms with Crippen LogP contribution in [-0.4, -0.2) is 23.7 Å². The van der Waals surface area contributed by atoms with Gasteiger partial charge in [0.2, 0.25) is 0 Å². The lowest BCUT2D eigenvalue weighted by Crippen LogP contribution is -2.25. The summed E-state index contributed by atoms with van der Waals surface area (Å²) in [7, 11) is 0. The highest BCUT2D eigenvalue weighted by atomic mass is 35.5. The van der Waals surface area contributed by atoms with E-state index in [2.05, 4.69) is 5.32 Å². The Kier molecular flexibility index (Phi) is 4.84. The van der Waals surface area contributed by atoms with Gasteiger partial charge in [-0.05, 0) is 37.1 Å². The molecule has 0 bridgehead atoms. The number of aliphatic hydroxyl groups excluding tert-OH is 1. The van der Waals surface area contributed by atoms with Gasteiger partial charge in [-0.2, -0.15) is 0 Å². The van der Waals surface area contributed by atoms with Crippen LogP contribution in [0.1, 0.15) is 34.9 Å². The van der Waals surface area contributed by atoms with Crippen LogP contribution in [0.25, 0.3) is 0 Å². The number of hydrogen-bond donors (Lipinski definition) is 2. The van der Waals surface area contributed by atoms with Gasteiger partial charge in [0.15, 0.2) is 0 Å². The van der Waals surface area contributed by atoms with E-state index in [-0.39, 0.29) is 12.5 Å². The summed E-state index contributed by atoms with van der Waals surface area (Å²) in [6.07, 6.45) is 1.27. The Labute approximate surface area is 140 Å². The van der Waals surface area contributed by atoms with Crippen molar-refractivity contribution in [3.8, 4) is 5.75 Å². The van der Waals surface area contributed by atoms with Crippen LogP contribution < -0.4 is 10.1 Å². The second-order valence-electron chi connectivity index (χ2n) is 5.62. The fourth-order valence-electron chi connectivity index (χ4n) is 2.23. The molecule has 1 amide bonds. The van der Waals surface area contributed by atoms with Crippen molar-refractivity contribution in [2.75, 3.05) is 6.61 Å². The molecule has 1 aliphatic carbocycles. The van der Waals surface area contributed by atoms with Crippen LogP contribution >= 0.6 is 11.6 Å². The van der Waals surface area contributed by atoms with E-state index in [1.807, 2.05) is 6.07 Å². The molecule has 3 rings (SSSR count). The second kappa shape index (κ2) is 7.02. The molecule has 120 valence electrons. The van der Waals surface area contributed by atoms with E-state index in [0.29, 0.717) is 27.9 Å². The van der Waals surface area contributed by atoms with Crippen molar-refractivity contribution in [2.45, 2.75) is 25.0 Å². The van der Waals surface area contributed by atoms with Gasteiger partial charge in [0.05, 0.1) is 0 Å². The fourth-order valence-corrected chi connectivity index (χ4v) is 2.50. The monoisotopic (exact) mass is 331 g/mol. The van der Waals surface area contributed by atoms with Crippen LogP contribution in [0.4, 0.5) is 0 Å². The molecule has 0 aromatic heterocycles. The van der Waals surface area contributed by atoms with E-state index in [4.69, 9.17) is 16.3 Å². The third-order valence-electron chi connectivity index (χ3n) is 3.68. The van der Waals surface area contributed by atoms with Crippen LogP contribution in [0.15, 0.2) is 48.5 Å². The zero-order valence-electron chi connectivity index (χ0n) is 12.5. The summed E-state index contributed by atoms with van der Waals surface area (Å²) in [5.41, 5.74) is 1.18. The van der Waals surface area contributed by atoms with E-state index < -0.39 is 6.10 Å². The van der Waals surface area contributed by atoms with Crippen LogP contribution in [0.3, 0.4) is 0 Å². The van der Waals surface area contributed by atoms with Crippen molar-refractivity contribution in [3.05, 3.63) is 64.7 Å². The maximum Gasteiger partial charge on any atom is 0.251 e. The smallest absolute Gasteiger partial charge is 0.251 e. The Hall–Kier alpha value is -2.04. The molecule has 0 heterocycles. The summed E-state index contributed by atoms with van der Waals surface area (Å²) in [6.45, 7) is 0.0669. The molecule has 4 nitrogen and oxygen atoms in total. The quantitative estimate of drug-likeness (QED) is 0.853. The van der Waals surface area contributed by atoms with E-state index in [0.717, 1.165) is 12.8 Å². The maximum atomic E-state index is 12.0. The van der Waals surface area contributed by atoms with Crippen LogP contribution in [0, 0.1) is 0 Å². The largest absolute Gasteiger partial charge is 0.491 e. The molecule has 1 atom stereocenters. The van der Waals surface area contributed by atoms with Crippen LogP contribution in [-0.2, 0) is 0 Å². The van der Waals surface area contributed by atoms with E-state index in [1.165, 1.54) is 0 Å². The average Bonchev–Trinajstić information content (AvgIpc) is 3.37. The first-order chi connectivity index (χ1) is 11.1.